The van der Waals surface area contributed by atoms with Crippen LogP contribution in [0.2, 0.25) is 0 Å². The number of hydrogen-bond donors (Lipinski definition) is 0. The summed E-state index contributed by atoms with van der Waals surface area (Å²) in [5.41, 5.74) is 3.27. The molecule has 5 rings (SSSR count). The normalized spacial score (nSPS) is 21.1. The fourth-order valence-corrected chi connectivity index (χ4v) is 4.51. The zero-order valence-corrected chi connectivity index (χ0v) is 17.0. The molecule has 1 aromatic carbocycles. The molecular formula is C23H28N4O2. The maximum absolute atomic E-state index is 6.46. The lowest BCUT2D eigenvalue weighted by molar-refractivity contribution is 0.0972. The van der Waals surface area contributed by atoms with Crippen molar-refractivity contribution in [2.75, 3.05) is 26.3 Å². The summed E-state index contributed by atoms with van der Waals surface area (Å²) in [4.78, 5) is 11.3. The molecule has 0 amide bonds. The van der Waals surface area contributed by atoms with Crippen molar-refractivity contribution >= 4 is 10.9 Å². The van der Waals surface area contributed by atoms with E-state index in [1.165, 1.54) is 10.9 Å². The molecule has 2 aliphatic rings. The summed E-state index contributed by atoms with van der Waals surface area (Å²) in [7, 11) is 0. The summed E-state index contributed by atoms with van der Waals surface area (Å²) in [6.45, 7) is 6.56. The molecule has 0 radical (unpaired) electrons. The zero-order valence-electron chi connectivity index (χ0n) is 17.0. The van der Waals surface area contributed by atoms with E-state index in [1.54, 1.807) is 6.20 Å². The van der Waals surface area contributed by atoms with Gasteiger partial charge in [-0.2, -0.15) is 0 Å². The van der Waals surface area contributed by atoms with Crippen LogP contribution in [0.1, 0.15) is 36.7 Å². The molecule has 2 fully saturated rings. The second-order valence-electron chi connectivity index (χ2n) is 8.17. The number of piperidine rings is 1. The molecule has 1 unspecified atom stereocenters. The lowest BCUT2D eigenvalue weighted by Gasteiger charge is -2.32. The Balaban J connectivity index is 1.23. The number of aryl methyl sites for hydroxylation is 1. The third kappa shape index (κ3) is 4.00. The first-order valence-electron chi connectivity index (χ1n) is 10.6. The van der Waals surface area contributed by atoms with Crippen LogP contribution in [0.4, 0.5) is 0 Å². The molecule has 2 aromatic heterocycles. The van der Waals surface area contributed by atoms with Crippen molar-refractivity contribution in [1.82, 2.24) is 19.4 Å². The van der Waals surface area contributed by atoms with E-state index < -0.39 is 0 Å². The van der Waals surface area contributed by atoms with Crippen LogP contribution in [0.25, 0.3) is 10.9 Å². The third-order valence-electron chi connectivity index (χ3n) is 6.04. The minimum atomic E-state index is 0.263. The van der Waals surface area contributed by atoms with Crippen LogP contribution in [0, 0.1) is 6.92 Å². The second-order valence-corrected chi connectivity index (χ2v) is 8.17. The Hall–Kier alpha value is -2.44. The van der Waals surface area contributed by atoms with Crippen molar-refractivity contribution in [2.24, 2.45) is 0 Å². The van der Waals surface area contributed by atoms with Crippen LogP contribution in [0.15, 0.2) is 42.9 Å². The number of ether oxygens (including phenoxy) is 2. The lowest BCUT2D eigenvalue weighted by atomic mass is 10.1. The van der Waals surface area contributed by atoms with Gasteiger partial charge in [-0.25, -0.2) is 0 Å². The van der Waals surface area contributed by atoms with Gasteiger partial charge in [0.1, 0.15) is 11.9 Å². The maximum atomic E-state index is 6.46. The van der Waals surface area contributed by atoms with Gasteiger partial charge in [-0.15, -0.1) is 0 Å². The van der Waals surface area contributed by atoms with E-state index in [-0.39, 0.29) is 6.10 Å². The molecule has 6 heteroatoms. The van der Waals surface area contributed by atoms with Gasteiger partial charge < -0.3 is 14.0 Å². The number of fused-ring (bicyclic) bond motifs is 1. The molecule has 152 valence electrons. The summed E-state index contributed by atoms with van der Waals surface area (Å²) in [6.07, 6.45) is 9.27. The molecule has 0 spiro atoms. The number of aromatic nitrogens is 3. The number of likely N-dealkylation sites (tertiary alicyclic amines) is 1. The third-order valence-corrected chi connectivity index (χ3v) is 6.04. The minimum absolute atomic E-state index is 0.263. The second kappa shape index (κ2) is 8.13. The Morgan fingerprint density at radius 2 is 2.03 bits per heavy atom. The highest BCUT2D eigenvalue weighted by molar-refractivity contribution is 5.86. The minimum Gasteiger partial charge on any atom is -0.490 e. The summed E-state index contributed by atoms with van der Waals surface area (Å²) in [6, 6.07) is 9.03. The number of nitrogens with zero attached hydrogens (tertiary/aromatic N) is 4. The zero-order chi connectivity index (χ0) is 19.6. The summed E-state index contributed by atoms with van der Waals surface area (Å²) >= 11 is 0. The smallest absolute Gasteiger partial charge is 0.129 e. The van der Waals surface area contributed by atoms with Gasteiger partial charge in [0.25, 0.3) is 0 Å². The molecule has 0 N–H and O–H groups in total. The number of hydrogen-bond acceptors (Lipinski definition) is 5. The molecule has 0 aliphatic carbocycles. The lowest BCUT2D eigenvalue weighted by Crippen LogP contribution is -2.38. The molecule has 29 heavy (non-hydrogen) atoms. The Kier molecular flexibility index (Phi) is 5.21. The topological polar surface area (TPSA) is 52.4 Å². The predicted molar refractivity (Wildman–Crippen MR) is 112 cm³/mol. The van der Waals surface area contributed by atoms with Crippen LogP contribution < -0.4 is 4.74 Å². The van der Waals surface area contributed by atoms with Gasteiger partial charge in [0.2, 0.25) is 0 Å². The average Bonchev–Trinajstić information content (AvgIpc) is 3.39. The van der Waals surface area contributed by atoms with Crippen LogP contribution in [-0.2, 0) is 11.3 Å². The molecule has 0 bridgehead atoms. The molecule has 4 heterocycles. The van der Waals surface area contributed by atoms with E-state index >= 15 is 0 Å². The van der Waals surface area contributed by atoms with Crippen LogP contribution in [-0.4, -0.2) is 51.8 Å². The standard InChI is InChI=1S/C23H28N4O2/c1-17-13-24-14-18(25-17)15-26-9-5-20(6-10-26)29-23-4-2-3-22-21(23)7-11-27(22)19-8-12-28-16-19/h2-4,7,11,13-14,19-20H,5-6,8-10,12,15-16H2,1H3. The van der Waals surface area contributed by atoms with Crippen LogP contribution in [0.3, 0.4) is 0 Å². The highest BCUT2D eigenvalue weighted by atomic mass is 16.5. The van der Waals surface area contributed by atoms with Crippen LogP contribution >= 0.6 is 0 Å². The number of benzene rings is 1. The van der Waals surface area contributed by atoms with Gasteiger partial charge in [0.05, 0.1) is 29.6 Å². The largest absolute Gasteiger partial charge is 0.490 e. The van der Waals surface area contributed by atoms with E-state index in [0.717, 1.165) is 69.2 Å². The van der Waals surface area contributed by atoms with Gasteiger partial charge in [0, 0.05) is 50.2 Å². The van der Waals surface area contributed by atoms with Crippen molar-refractivity contribution in [3.05, 3.63) is 54.2 Å². The summed E-state index contributed by atoms with van der Waals surface area (Å²) < 4.78 is 14.4. The highest BCUT2D eigenvalue weighted by Gasteiger charge is 2.23. The quantitative estimate of drug-likeness (QED) is 0.662. The van der Waals surface area contributed by atoms with Crippen molar-refractivity contribution in [3.8, 4) is 5.75 Å². The van der Waals surface area contributed by atoms with Crippen molar-refractivity contribution in [1.29, 1.82) is 0 Å². The molecule has 2 saturated heterocycles. The fraction of sp³-hybridized carbons (Fsp3) is 0.478. The Morgan fingerprint density at radius 1 is 1.14 bits per heavy atom. The first-order valence-corrected chi connectivity index (χ1v) is 10.6. The van der Waals surface area contributed by atoms with Gasteiger partial charge in [-0.05, 0) is 44.4 Å². The van der Waals surface area contributed by atoms with Crippen molar-refractivity contribution < 1.29 is 9.47 Å². The molecule has 3 aromatic rings. The first-order chi connectivity index (χ1) is 14.3. The average molecular weight is 393 g/mol. The van der Waals surface area contributed by atoms with Gasteiger partial charge in [0.15, 0.2) is 0 Å². The Labute approximate surface area is 171 Å². The highest BCUT2D eigenvalue weighted by Crippen LogP contribution is 2.32. The monoisotopic (exact) mass is 392 g/mol. The van der Waals surface area contributed by atoms with E-state index in [1.807, 2.05) is 13.1 Å². The van der Waals surface area contributed by atoms with E-state index in [2.05, 4.69) is 49.9 Å². The van der Waals surface area contributed by atoms with Crippen molar-refractivity contribution in [3.63, 3.8) is 0 Å². The molecular weight excluding hydrogens is 364 g/mol. The van der Waals surface area contributed by atoms with E-state index in [4.69, 9.17) is 9.47 Å². The van der Waals surface area contributed by atoms with Gasteiger partial charge >= 0.3 is 0 Å². The molecule has 1 atom stereocenters. The fourth-order valence-electron chi connectivity index (χ4n) is 4.51. The predicted octanol–water partition coefficient (Wildman–Crippen LogP) is 3.74. The molecule has 0 saturated carbocycles. The van der Waals surface area contributed by atoms with Gasteiger partial charge in [-0.3, -0.25) is 14.9 Å². The van der Waals surface area contributed by atoms with E-state index in [9.17, 15) is 0 Å². The van der Waals surface area contributed by atoms with E-state index in [0.29, 0.717) is 6.04 Å². The summed E-state index contributed by atoms with van der Waals surface area (Å²) in [5.74, 6) is 1.00. The maximum Gasteiger partial charge on any atom is 0.129 e. The molecule has 2 aliphatic heterocycles. The Bertz CT molecular complexity index is 972. The first kappa shape index (κ1) is 18.6. The van der Waals surface area contributed by atoms with Crippen molar-refractivity contribution in [2.45, 2.75) is 44.9 Å². The SMILES string of the molecule is Cc1cncc(CN2CCC(Oc3cccc4c3ccn4C3CCOC3)CC2)n1. The Morgan fingerprint density at radius 3 is 2.83 bits per heavy atom. The van der Waals surface area contributed by atoms with Crippen LogP contribution in [0.5, 0.6) is 5.75 Å². The molecule has 6 nitrogen and oxygen atoms in total. The van der Waals surface area contributed by atoms with Gasteiger partial charge in [-0.1, -0.05) is 6.07 Å². The summed E-state index contributed by atoms with van der Waals surface area (Å²) in [5, 5.41) is 1.21. The number of rotatable bonds is 5.